The second kappa shape index (κ2) is 8.12. The van der Waals surface area contributed by atoms with Crippen LogP contribution in [0.25, 0.3) is 0 Å². The number of para-hydroxylation sites is 1. The first-order chi connectivity index (χ1) is 12.6. The van der Waals surface area contributed by atoms with E-state index in [1.165, 1.54) is 0 Å². The van der Waals surface area contributed by atoms with Crippen molar-refractivity contribution in [1.29, 1.82) is 0 Å². The number of nitrogens with one attached hydrogen (secondary N) is 2. The van der Waals surface area contributed by atoms with Gasteiger partial charge in [-0.3, -0.25) is 9.59 Å². The third-order valence-corrected chi connectivity index (χ3v) is 4.10. The molecule has 0 saturated carbocycles. The van der Waals surface area contributed by atoms with Gasteiger partial charge in [0.1, 0.15) is 0 Å². The third-order valence-electron chi connectivity index (χ3n) is 4.10. The van der Waals surface area contributed by atoms with Gasteiger partial charge in [-0.25, -0.2) is 0 Å². The van der Waals surface area contributed by atoms with E-state index in [-0.39, 0.29) is 11.8 Å². The van der Waals surface area contributed by atoms with E-state index in [2.05, 4.69) is 10.6 Å². The molecule has 0 fully saturated rings. The normalized spacial score (nSPS) is 10.2. The van der Waals surface area contributed by atoms with Crippen molar-refractivity contribution in [2.45, 2.75) is 13.5 Å². The van der Waals surface area contributed by atoms with Crippen LogP contribution in [0.4, 0.5) is 5.69 Å². The first-order valence-corrected chi connectivity index (χ1v) is 8.42. The molecule has 0 atom stereocenters. The van der Waals surface area contributed by atoms with Crippen LogP contribution in [0.1, 0.15) is 31.8 Å². The summed E-state index contributed by atoms with van der Waals surface area (Å²) in [4.78, 5) is 24.4. The molecule has 0 aliphatic heterocycles. The van der Waals surface area contributed by atoms with Crippen molar-refractivity contribution in [3.8, 4) is 0 Å². The zero-order valence-electron chi connectivity index (χ0n) is 14.5. The molecule has 0 radical (unpaired) electrons. The van der Waals surface area contributed by atoms with Crippen molar-refractivity contribution in [1.82, 2.24) is 5.32 Å². The lowest BCUT2D eigenvalue weighted by Crippen LogP contribution is -2.22. The average Bonchev–Trinajstić information content (AvgIpc) is 2.69. The lowest BCUT2D eigenvalue weighted by Gasteiger charge is -2.09. The van der Waals surface area contributed by atoms with Gasteiger partial charge in [0.05, 0.1) is 0 Å². The molecular formula is C22H20N2O2. The molecule has 0 aromatic heterocycles. The molecule has 26 heavy (non-hydrogen) atoms. The molecule has 4 nitrogen and oxygen atoms in total. The maximum Gasteiger partial charge on any atom is 0.255 e. The fourth-order valence-corrected chi connectivity index (χ4v) is 2.56. The predicted octanol–water partition coefficient (Wildman–Crippen LogP) is 4.18. The molecule has 0 saturated heterocycles. The lowest BCUT2D eigenvalue weighted by molar-refractivity contribution is 0.0950. The van der Waals surface area contributed by atoms with Gasteiger partial charge in [0.15, 0.2) is 0 Å². The highest BCUT2D eigenvalue weighted by molar-refractivity contribution is 6.04. The summed E-state index contributed by atoms with van der Waals surface area (Å²) < 4.78 is 0. The van der Waals surface area contributed by atoms with Crippen molar-refractivity contribution in [3.05, 3.63) is 101 Å². The smallest absolute Gasteiger partial charge is 0.255 e. The van der Waals surface area contributed by atoms with Gasteiger partial charge in [-0.15, -0.1) is 0 Å². The largest absolute Gasteiger partial charge is 0.348 e. The third kappa shape index (κ3) is 4.36. The van der Waals surface area contributed by atoms with Crippen LogP contribution < -0.4 is 10.6 Å². The lowest BCUT2D eigenvalue weighted by atomic mass is 10.1. The van der Waals surface area contributed by atoms with E-state index in [4.69, 9.17) is 0 Å². The monoisotopic (exact) mass is 344 g/mol. The highest BCUT2D eigenvalue weighted by atomic mass is 16.2. The number of rotatable bonds is 5. The van der Waals surface area contributed by atoms with Gasteiger partial charge in [0.2, 0.25) is 0 Å². The van der Waals surface area contributed by atoms with Crippen LogP contribution in [-0.2, 0) is 6.54 Å². The Hall–Kier alpha value is -3.40. The highest BCUT2D eigenvalue weighted by Gasteiger charge is 2.08. The minimum Gasteiger partial charge on any atom is -0.348 e. The number of carbonyl (C=O) groups is 2. The number of hydrogen-bond acceptors (Lipinski definition) is 2. The first kappa shape index (κ1) is 17.4. The zero-order valence-corrected chi connectivity index (χ0v) is 14.5. The summed E-state index contributed by atoms with van der Waals surface area (Å²) in [5.41, 5.74) is 3.95. The molecule has 0 aliphatic rings. The van der Waals surface area contributed by atoms with Crippen molar-refractivity contribution in [2.75, 3.05) is 5.32 Å². The Kier molecular flexibility index (Phi) is 5.44. The van der Waals surface area contributed by atoms with Gasteiger partial charge in [-0.05, 0) is 48.4 Å². The van der Waals surface area contributed by atoms with E-state index in [0.717, 1.165) is 16.8 Å². The summed E-state index contributed by atoms with van der Waals surface area (Å²) in [6, 6.07) is 23.9. The van der Waals surface area contributed by atoms with Crippen LogP contribution in [-0.4, -0.2) is 11.8 Å². The first-order valence-electron chi connectivity index (χ1n) is 8.42. The number of hydrogen-bond donors (Lipinski definition) is 2. The van der Waals surface area contributed by atoms with Crippen LogP contribution in [0, 0.1) is 6.92 Å². The molecule has 3 aromatic rings. The molecule has 130 valence electrons. The van der Waals surface area contributed by atoms with Gasteiger partial charge in [-0.1, -0.05) is 48.5 Å². The summed E-state index contributed by atoms with van der Waals surface area (Å²) in [7, 11) is 0. The van der Waals surface area contributed by atoms with Crippen LogP contribution in [0.15, 0.2) is 78.9 Å². The molecule has 3 rings (SSSR count). The van der Waals surface area contributed by atoms with Crippen molar-refractivity contribution < 1.29 is 9.59 Å². The summed E-state index contributed by atoms with van der Waals surface area (Å²) in [5.74, 6) is -0.272. The number of amides is 2. The van der Waals surface area contributed by atoms with Gasteiger partial charge >= 0.3 is 0 Å². The van der Waals surface area contributed by atoms with E-state index < -0.39 is 0 Å². The van der Waals surface area contributed by atoms with Crippen LogP contribution in [0.3, 0.4) is 0 Å². The van der Waals surface area contributed by atoms with E-state index >= 15 is 0 Å². The van der Waals surface area contributed by atoms with Gasteiger partial charge in [-0.2, -0.15) is 0 Å². The van der Waals surface area contributed by atoms with E-state index in [1.54, 1.807) is 24.3 Å². The summed E-state index contributed by atoms with van der Waals surface area (Å²) >= 11 is 0. The molecule has 0 unspecified atom stereocenters. The molecule has 2 amide bonds. The van der Waals surface area contributed by atoms with Gasteiger partial charge in [0.25, 0.3) is 11.8 Å². The zero-order chi connectivity index (χ0) is 18.4. The Morgan fingerprint density at radius 3 is 2.04 bits per heavy atom. The highest BCUT2D eigenvalue weighted by Crippen LogP contribution is 2.15. The van der Waals surface area contributed by atoms with Crippen molar-refractivity contribution in [3.63, 3.8) is 0 Å². The van der Waals surface area contributed by atoms with Crippen LogP contribution >= 0.6 is 0 Å². The molecule has 0 bridgehead atoms. The van der Waals surface area contributed by atoms with E-state index in [9.17, 15) is 9.59 Å². The van der Waals surface area contributed by atoms with Gasteiger partial charge in [0, 0.05) is 23.4 Å². The minimum absolute atomic E-state index is 0.119. The van der Waals surface area contributed by atoms with Crippen molar-refractivity contribution >= 4 is 17.5 Å². The maximum atomic E-state index is 12.3. The Bertz CT molecular complexity index is 903. The summed E-state index contributed by atoms with van der Waals surface area (Å²) in [6.45, 7) is 2.36. The molecule has 4 heteroatoms. The summed E-state index contributed by atoms with van der Waals surface area (Å²) in [6.07, 6.45) is 0. The second-order valence-corrected chi connectivity index (χ2v) is 6.01. The molecule has 3 aromatic carbocycles. The van der Waals surface area contributed by atoms with Crippen molar-refractivity contribution in [2.24, 2.45) is 0 Å². The fraction of sp³-hybridized carbons (Fsp3) is 0.0909. The second-order valence-electron chi connectivity index (χ2n) is 6.01. The molecule has 0 aliphatic carbocycles. The molecule has 0 spiro atoms. The SMILES string of the molecule is Cc1ccccc1NC(=O)c1ccc(CNC(=O)c2ccccc2)cc1. The maximum absolute atomic E-state index is 12.3. The Morgan fingerprint density at radius 2 is 1.35 bits per heavy atom. The minimum atomic E-state index is -0.154. The Morgan fingerprint density at radius 1 is 0.731 bits per heavy atom. The van der Waals surface area contributed by atoms with Crippen LogP contribution in [0.5, 0.6) is 0 Å². The number of carbonyl (C=O) groups excluding carboxylic acids is 2. The van der Waals surface area contributed by atoms with Gasteiger partial charge < -0.3 is 10.6 Å². The molecular weight excluding hydrogens is 324 g/mol. The van der Waals surface area contributed by atoms with Crippen LogP contribution in [0.2, 0.25) is 0 Å². The summed E-state index contributed by atoms with van der Waals surface area (Å²) in [5, 5.41) is 5.78. The Labute approximate surface area is 152 Å². The topological polar surface area (TPSA) is 58.2 Å². The molecule has 0 heterocycles. The number of anilines is 1. The fourth-order valence-electron chi connectivity index (χ4n) is 2.56. The molecule has 2 N–H and O–H groups in total. The quantitative estimate of drug-likeness (QED) is 0.729. The average molecular weight is 344 g/mol. The number of aryl methyl sites for hydroxylation is 1. The number of benzene rings is 3. The Balaban J connectivity index is 1.59. The predicted molar refractivity (Wildman–Crippen MR) is 103 cm³/mol. The standard InChI is InChI=1S/C22H20N2O2/c1-16-7-5-6-10-20(16)24-22(26)19-13-11-17(12-14-19)15-23-21(25)18-8-3-2-4-9-18/h2-14H,15H2,1H3,(H,23,25)(H,24,26). The van der Waals surface area contributed by atoms with E-state index in [0.29, 0.717) is 17.7 Å². The van der Waals surface area contributed by atoms with E-state index in [1.807, 2.05) is 61.5 Å².